The molecule has 0 radical (unpaired) electrons. The summed E-state index contributed by atoms with van der Waals surface area (Å²) in [6, 6.07) is 4.06. The molecule has 3 N–H and O–H groups in total. The molecule has 1 heterocycles. The Kier molecular flexibility index (Phi) is 4.15. The van der Waals surface area contributed by atoms with E-state index in [1.54, 1.807) is 12.3 Å². The molecule has 0 aliphatic heterocycles. The topological polar surface area (TPSA) is 50.9 Å². The summed E-state index contributed by atoms with van der Waals surface area (Å²) < 4.78 is 0. The number of pyridine rings is 1. The summed E-state index contributed by atoms with van der Waals surface area (Å²) in [5.74, 6) is 0. The highest BCUT2D eigenvalue weighted by molar-refractivity contribution is 6.29. The molecule has 0 spiro atoms. The Morgan fingerprint density at radius 3 is 2.92 bits per heavy atom. The summed E-state index contributed by atoms with van der Waals surface area (Å²) in [7, 11) is 0. The van der Waals surface area contributed by atoms with Gasteiger partial charge in [0, 0.05) is 25.3 Å². The van der Waals surface area contributed by atoms with Crippen LogP contribution in [-0.2, 0) is 6.54 Å². The van der Waals surface area contributed by atoms with E-state index in [-0.39, 0.29) is 0 Å². The van der Waals surface area contributed by atoms with Crippen LogP contribution in [0.2, 0.25) is 5.15 Å². The van der Waals surface area contributed by atoms with Crippen molar-refractivity contribution in [3.05, 3.63) is 29.0 Å². The zero-order chi connectivity index (χ0) is 9.68. The highest BCUT2D eigenvalue weighted by atomic mass is 35.5. The van der Waals surface area contributed by atoms with Gasteiger partial charge in [0.25, 0.3) is 0 Å². The summed E-state index contributed by atoms with van der Waals surface area (Å²) in [4.78, 5) is 3.98. The zero-order valence-electron chi connectivity index (χ0n) is 7.63. The second kappa shape index (κ2) is 5.17. The Morgan fingerprint density at radius 1 is 1.62 bits per heavy atom. The van der Waals surface area contributed by atoms with Gasteiger partial charge in [-0.3, -0.25) is 0 Å². The molecule has 1 atom stereocenters. The second-order valence-electron chi connectivity index (χ2n) is 3.01. The molecule has 3 nitrogen and oxygen atoms in total. The van der Waals surface area contributed by atoms with Gasteiger partial charge in [0.05, 0.1) is 0 Å². The van der Waals surface area contributed by atoms with Gasteiger partial charge < -0.3 is 11.1 Å². The number of nitrogens with zero attached hydrogens (tertiary/aromatic N) is 1. The SMILES string of the molecule is CC(CN)NCc1ccc(Cl)nc1. The van der Waals surface area contributed by atoms with Crippen LogP contribution in [0.5, 0.6) is 0 Å². The van der Waals surface area contributed by atoms with Crippen molar-refractivity contribution < 1.29 is 0 Å². The molecular formula is C9H14ClN3. The first-order chi connectivity index (χ1) is 6.22. The lowest BCUT2D eigenvalue weighted by Crippen LogP contribution is -2.32. The van der Waals surface area contributed by atoms with E-state index in [9.17, 15) is 0 Å². The van der Waals surface area contributed by atoms with E-state index >= 15 is 0 Å². The lowest BCUT2D eigenvalue weighted by Gasteiger charge is -2.10. The monoisotopic (exact) mass is 199 g/mol. The molecule has 72 valence electrons. The van der Waals surface area contributed by atoms with Crippen LogP contribution in [0.1, 0.15) is 12.5 Å². The summed E-state index contributed by atoms with van der Waals surface area (Å²) in [5.41, 5.74) is 6.58. The largest absolute Gasteiger partial charge is 0.329 e. The number of halogens is 1. The standard InChI is InChI=1S/C9H14ClN3/c1-7(4-11)12-5-8-2-3-9(10)13-6-8/h2-3,6-7,12H,4-5,11H2,1H3. The minimum atomic E-state index is 0.329. The number of hydrogen-bond donors (Lipinski definition) is 2. The highest BCUT2D eigenvalue weighted by Crippen LogP contribution is 2.04. The van der Waals surface area contributed by atoms with E-state index in [2.05, 4.69) is 10.3 Å². The molecule has 1 rings (SSSR count). The summed E-state index contributed by atoms with van der Waals surface area (Å²) in [6.45, 7) is 3.47. The molecule has 0 saturated carbocycles. The molecule has 1 aromatic heterocycles. The predicted molar refractivity (Wildman–Crippen MR) is 54.6 cm³/mol. The van der Waals surface area contributed by atoms with Gasteiger partial charge in [-0.25, -0.2) is 4.98 Å². The van der Waals surface area contributed by atoms with Crippen LogP contribution in [-0.4, -0.2) is 17.6 Å². The van der Waals surface area contributed by atoms with Gasteiger partial charge >= 0.3 is 0 Å². The summed E-state index contributed by atoms with van der Waals surface area (Å²) in [5, 5.41) is 3.78. The maximum Gasteiger partial charge on any atom is 0.129 e. The van der Waals surface area contributed by atoms with Gasteiger partial charge in [-0.1, -0.05) is 17.7 Å². The van der Waals surface area contributed by atoms with Gasteiger partial charge in [-0.2, -0.15) is 0 Å². The van der Waals surface area contributed by atoms with Crippen LogP contribution in [0, 0.1) is 0 Å². The average Bonchev–Trinajstić information content (AvgIpc) is 2.16. The van der Waals surface area contributed by atoms with E-state index in [1.165, 1.54) is 0 Å². The molecular weight excluding hydrogens is 186 g/mol. The highest BCUT2D eigenvalue weighted by Gasteiger charge is 1.98. The first-order valence-corrected chi connectivity index (χ1v) is 4.64. The van der Waals surface area contributed by atoms with E-state index in [0.29, 0.717) is 17.7 Å². The number of nitrogens with two attached hydrogens (primary N) is 1. The van der Waals surface area contributed by atoms with E-state index < -0.39 is 0 Å². The van der Waals surface area contributed by atoms with Crippen LogP contribution >= 0.6 is 11.6 Å². The van der Waals surface area contributed by atoms with Crippen molar-refractivity contribution in [2.45, 2.75) is 19.5 Å². The van der Waals surface area contributed by atoms with Crippen LogP contribution in [0.4, 0.5) is 0 Å². The van der Waals surface area contributed by atoms with Crippen molar-refractivity contribution in [1.29, 1.82) is 0 Å². The number of nitrogens with one attached hydrogen (secondary N) is 1. The molecule has 0 fully saturated rings. The van der Waals surface area contributed by atoms with Crippen LogP contribution in [0.3, 0.4) is 0 Å². The lowest BCUT2D eigenvalue weighted by molar-refractivity contribution is 0.556. The Bertz CT molecular complexity index is 248. The molecule has 0 aliphatic rings. The van der Waals surface area contributed by atoms with Gasteiger partial charge in [0.1, 0.15) is 5.15 Å². The quantitative estimate of drug-likeness (QED) is 0.716. The molecule has 0 amide bonds. The Labute approximate surface area is 83.3 Å². The first-order valence-electron chi connectivity index (χ1n) is 4.26. The van der Waals surface area contributed by atoms with Gasteiger partial charge in [-0.15, -0.1) is 0 Å². The fourth-order valence-electron chi connectivity index (χ4n) is 0.886. The molecule has 0 aliphatic carbocycles. The molecule has 0 aromatic carbocycles. The third kappa shape index (κ3) is 3.72. The molecule has 0 saturated heterocycles. The second-order valence-corrected chi connectivity index (χ2v) is 3.39. The Morgan fingerprint density at radius 2 is 2.38 bits per heavy atom. The van der Waals surface area contributed by atoms with Crippen molar-refractivity contribution in [2.75, 3.05) is 6.54 Å². The maximum absolute atomic E-state index is 5.65. The molecule has 1 aromatic rings. The van der Waals surface area contributed by atoms with Crippen LogP contribution in [0.25, 0.3) is 0 Å². The Hall–Kier alpha value is -0.640. The average molecular weight is 200 g/mol. The zero-order valence-corrected chi connectivity index (χ0v) is 8.38. The third-order valence-electron chi connectivity index (χ3n) is 1.80. The minimum absolute atomic E-state index is 0.329. The van der Waals surface area contributed by atoms with E-state index in [0.717, 1.165) is 12.1 Å². The summed E-state index contributed by atoms with van der Waals surface area (Å²) in [6.07, 6.45) is 1.76. The smallest absolute Gasteiger partial charge is 0.129 e. The van der Waals surface area contributed by atoms with Crippen LogP contribution < -0.4 is 11.1 Å². The van der Waals surface area contributed by atoms with Crippen molar-refractivity contribution >= 4 is 11.6 Å². The van der Waals surface area contributed by atoms with Crippen molar-refractivity contribution in [1.82, 2.24) is 10.3 Å². The fraction of sp³-hybridized carbons (Fsp3) is 0.444. The summed E-state index contributed by atoms with van der Waals surface area (Å²) >= 11 is 5.65. The van der Waals surface area contributed by atoms with Crippen molar-refractivity contribution in [3.8, 4) is 0 Å². The van der Waals surface area contributed by atoms with Crippen molar-refractivity contribution in [2.24, 2.45) is 5.73 Å². The molecule has 4 heteroatoms. The minimum Gasteiger partial charge on any atom is -0.329 e. The van der Waals surface area contributed by atoms with Crippen LogP contribution in [0.15, 0.2) is 18.3 Å². The number of hydrogen-bond acceptors (Lipinski definition) is 3. The maximum atomic E-state index is 5.65. The first kappa shape index (κ1) is 10.4. The number of rotatable bonds is 4. The molecule has 1 unspecified atom stereocenters. The van der Waals surface area contributed by atoms with Gasteiger partial charge in [0.2, 0.25) is 0 Å². The van der Waals surface area contributed by atoms with E-state index in [4.69, 9.17) is 17.3 Å². The Balaban J connectivity index is 2.41. The van der Waals surface area contributed by atoms with Crippen molar-refractivity contribution in [3.63, 3.8) is 0 Å². The van der Waals surface area contributed by atoms with Gasteiger partial charge in [-0.05, 0) is 18.6 Å². The lowest BCUT2D eigenvalue weighted by atomic mass is 10.2. The predicted octanol–water partition coefficient (Wildman–Crippen LogP) is 1.17. The van der Waals surface area contributed by atoms with E-state index in [1.807, 2.05) is 13.0 Å². The molecule has 13 heavy (non-hydrogen) atoms. The third-order valence-corrected chi connectivity index (χ3v) is 2.02. The molecule has 0 bridgehead atoms. The normalized spacial score (nSPS) is 12.8. The number of aromatic nitrogens is 1. The fourth-order valence-corrected chi connectivity index (χ4v) is 0.998. The van der Waals surface area contributed by atoms with Gasteiger partial charge in [0.15, 0.2) is 0 Å².